The van der Waals surface area contributed by atoms with Crippen LogP contribution in [0.5, 0.6) is 11.6 Å². The minimum atomic E-state index is -3.84. The molecule has 0 saturated carbocycles. The third-order valence-corrected chi connectivity index (χ3v) is 8.13. The Bertz CT molecular complexity index is 1270. The first-order chi connectivity index (χ1) is 17.6. The number of unbranched alkanes of at least 4 members (excludes halogenated alkanes) is 1. The van der Waals surface area contributed by atoms with E-state index in [1.165, 1.54) is 30.6 Å². The van der Waals surface area contributed by atoms with Gasteiger partial charge in [0.15, 0.2) is 0 Å². The Morgan fingerprint density at radius 2 is 2.11 bits per heavy atom. The predicted octanol–water partition coefficient (Wildman–Crippen LogP) is 2.78. The van der Waals surface area contributed by atoms with E-state index >= 15 is 0 Å². The second-order valence-electron chi connectivity index (χ2n) is 9.22. The van der Waals surface area contributed by atoms with E-state index < -0.39 is 22.2 Å². The zero-order valence-electron chi connectivity index (χ0n) is 22.0. The number of carbonyl (C=O) groups is 1. The molecule has 9 nitrogen and oxygen atoms in total. The summed E-state index contributed by atoms with van der Waals surface area (Å²) in [5.74, 6) is 6.05. The topological polar surface area (TPSA) is 109 Å². The lowest BCUT2D eigenvalue weighted by molar-refractivity contribution is 0.0373. The van der Waals surface area contributed by atoms with E-state index in [2.05, 4.69) is 16.8 Å². The van der Waals surface area contributed by atoms with Gasteiger partial charge in [0.05, 0.1) is 31.2 Å². The van der Waals surface area contributed by atoms with E-state index in [1.807, 2.05) is 13.8 Å². The first-order valence-electron chi connectivity index (χ1n) is 12.3. The molecular weight excluding hydrogens is 494 g/mol. The number of hydrogen-bond donors (Lipinski definition) is 1. The summed E-state index contributed by atoms with van der Waals surface area (Å²) in [6, 6.07) is 7.47. The minimum Gasteiger partial charge on any atom is -0.497 e. The van der Waals surface area contributed by atoms with Crippen molar-refractivity contribution in [3.05, 3.63) is 47.7 Å². The van der Waals surface area contributed by atoms with E-state index in [1.54, 1.807) is 36.2 Å². The first-order valence-corrected chi connectivity index (χ1v) is 13.7. The highest BCUT2D eigenvalue weighted by atomic mass is 32.2. The van der Waals surface area contributed by atoms with Crippen molar-refractivity contribution in [2.75, 3.05) is 33.9 Å². The van der Waals surface area contributed by atoms with Crippen LogP contribution < -0.4 is 9.47 Å². The molecule has 0 radical (unpaired) electrons. The zero-order chi connectivity index (χ0) is 27.2. The highest BCUT2D eigenvalue weighted by Crippen LogP contribution is 2.28. The van der Waals surface area contributed by atoms with Crippen molar-refractivity contribution in [3.8, 4) is 23.5 Å². The number of benzene rings is 1. The third kappa shape index (κ3) is 6.60. The minimum absolute atomic E-state index is 0.0232. The number of hydrogen-bond acceptors (Lipinski definition) is 7. The van der Waals surface area contributed by atoms with Crippen molar-refractivity contribution in [1.29, 1.82) is 0 Å². The smallest absolute Gasteiger partial charge is 0.259 e. The summed E-state index contributed by atoms with van der Waals surface area (Å²) >= 11 is 0. The lowest BCUT2D eigenvalue weighted by Crippen LogP contribution is -2.50. The molecule has 3 rings (SSSR count). The van der Waals surface area contributed by atoms with E-state index in [0.29, 0.717) is 11.3 Å². The van der Waals surface area contributed by atoms with Gasteiger partial charge in [-0.3, -0.25) is 4.79 Å². The van der Waals surface area contributed by atoms with Crippen LogP contribution in [-0.4, -0.2) is 79.6 Å². The van der Waals surface area contributed by atoms with Crippen LogP contribution in [0.3, 0.4) is 0 Å². The Labute approximate surface area is 219 Å². The number of likely N-dealkylation sites (N-methyl/N-ethyl adjacent to an activating group) is 1. The molecule has 200 valence electrons. The molecule has 10 heteroatoms. The number of aliphatic hydroxyl groups excluding tert-OH is 1. The number of aromatic nitrogens is 1. The molecule has 0 aliphatic carbocycles. The Kier molecular flexibility index (Phi) is 9.54. The Balaban J connectivity index is 1.97. The molecule has 0 unspecified atom stereocenters. The van der Waals surface area contributed by atoms with Gasteiger partial charge in [0.2, 0.25) is 15.9 Å². The van der Waals surface area contributed by atoms with E-state index in [-0.39, 0.29) is 47.9 Å². The summed E-state index contributed by atoms with van der Waals surface area (Å²) in [5.41, 5.74) is 0.822. The molecule has 1 aromatic heterocycles. The van der Waals surface area contributed by atoms with Gasteiger partial charge < -0.3 is 19.5 Å². The van der Waals surface area contributed by atoms with Crippen molar-refractivity contribution in [3.63, 3.8) is 0 Å². The van der Waals surface area contributed by atoms with Crippen molar-refractivity contribution in [2.45, 2.75) is 50.7 Å². The fourth-order valence-corrected chi connectivity index (χ4v) is 5.19. The molecule has 1 N–H and O–H groups in total. The fourth-order valence-electron chi connectivity index (χ4n) is 3.97. The van der Waals surface area contributed by atoms with Crippen LogP contribution in [-0.2, 0) is 10.0 Å². The summed E-state index contributed by atoms with van der Waals surface area (Å²) in [6.07, 6.45) is 2.58. The van der Waals surface area contributed by atoms with Gasteiger partial charge in [-0.25, -0.2) is 13.4 Å². The maximum atomic E-state index is 13.5. The van der Waals surface area contributed by atoms with Crippen molar-refractivity contribution in [2.24, 2.45) is 5.92 Å². The number of methoxy groups -OCH3 is 1. The van der Waals surface area contributed by atoms with Gasteiger partial charge >= 0.3 is 0 Å². The van der Waals surface area contributed by atoms with E-state index in [4.69, 9.17) is 9.47 Å². The summed E-state index contributed by atoms with van der Waals surface area (Å²) in [5, 5.41) is 9.82. The molecular formula is C27H35N3O6S. The second kappa shape index (κ2) is 12.4. The van der Waals surface area contributed by atoms with Gasteiger partial charge in [-0.1, -0.05) is 31.8 Å². The number of sulfonamides is 1. The molecule has 2 heterocycles. The van der Waals surface area contributed by atoms with Gasteiger partial charge in [0, 0.05) is 43.8 Å². The van der Waals surface area contributed by atoms with Gasteiger partial charge in [-0.15, -0.1) is 0 Å². The SMILES string of the molecule is CCCC#Cc1cnc2c(c1)C(=O)N([C@@H](C)CO)C[C@@H](C)[C@@H](CN(C)S(=O)(=O)c1cccc(OC)c1)O2. The Morgan fingerprint density at radius 1 is 1.35 bits per heavy atom. The number of nitrogens with zero attached hydrogens (tertiary/aromatic N) is 3. The maximum Gasteiger partial charge on any atom is 0.259 e. The number of fused-ring (bicyclic) bond motifs is 1. The van der Waals surface area contributed by atoms with Crippen LogP contribution in [0, 0.1) is 17.8 Å². The molecule has 1 amide bonds. The summed E-state index contributed by atoms with van der Waals surface area (Å²) in [7, 11) is -0.876. The number of carbonyl (C=O) groups excluding carboxylic acids is 1. The van der Waals surface area contributed by atoms with E-state index in [9.17, 15) is 18.3 Å². The summed E-state index contributed by atoms with van der Waals surface area (Å²) in [4.78, 5) is 19.6. The monoisotopic (exact) mass is 529 g/mol. The van der Waals surface area contributed by atoms with Crippen molar-refractivity contribution >= 4 is 15.9 Å². The standard InChI is InChI=1S/C27H35N3O6S/c1-6-7-8-10-21-13-24-26(28-15-21)36-25(19(2)16-30(27(24)32)20(3)18-31)17-29(4)37(33,34)23-12-9-11-22(14-23)35-5/h9,11-15,19-20,25,31H,6-7,16-18H2,1-5H3/t19-,20+,25-/m1/s1. The molecule has 3 atom stereocenters. The number of rotatable bonds is 8. The highest BCUT2D eigenvalue weighted by molar-refractivity contribution is 7.89. The lowest BCUT2D eigenvalue weighted by Gasteiger charge is -2.37. The quantitative estimate of drug-likeness (QED) is 0.524. The number of pyridine rings is 1. The van der Waals surface area contributed by atoms with Gasteiger partial charge in [0.25, 0.3) is 5.91 Å². The average Bonchev–Trinajstić information content (AvgIpc) is 2.90. The lowest BCUT2D eigenvalue weighted by atomic mass is 10.0. The molecule has 0 bridgehead atoms. The molecule has 1 aromatic carbocycles. The number of aliphatic hydroxyl groups is 1. The molecule has 0 fully saturated rings. The van der Waals surface area contributed by atoms with Crippen molar-refractivity contribution in [1.82, 2.24) is 14.2 Å². The number of ether oxygens (including phenoxy) is 2. The summed E-state index contributed by atoms with van der Waals surface area (Å²) < 4.78 is 39.2. The fraction of sp³-hybridized carbons (Fsp3) is 0.481. The van der Waals surface area contributed by atoms with Gasteiger partial charge in [-0.2, -0.15) is 4.31 Å². The van der Waals surface area contributed by atoms with Gasteiger partial charge in [-0.05, 0) is 31.5 Å². The molecule has 1 aliphatic rings. The Hall–Kier alpha value is -3.13. The van der Waals surface area contributed by atoms with Crippen LogP contribution in [0.2, 0.25) is 0 Å². The zero-order valence-corrected chi connectivity index (χ0v) is 22.8. The molecule has 1 aliphatic heterocycles. The molecule has 37 heavy (non-hydrogen) atoms. The van der Waals surface area contributed by atoms with Crippen LogP contribution in [0.1, 0.15) is 49.5 Å². The highest BCUT2D eigenvalue weighted by Gasteiger charge is 2.36. The number of amides is 1. The normalized spacial score (nSPS) is 18.7. The second-order valence-corrected chi connectivity index (χ2v) is 11.3. The average molecular weight is 530 g/mol. The van der Waals surface area contributed by atoms with Crippen LogP contribution in [0.25, 0.3) is 0 Å². The summed E-state index contributed by atoms with van der Waals surface area (Å²) in [6.45, 7) is 5.76. The third-order valence-electron chi connectivity index (χ3n) is 6.32. The predicted molar refractivity (Wildman–Crippen MR) is 140 cm³/mol. The largest absolute Gasteiger partial charge is 0.497 e. The maximum absolute atomic E-state index is 13.5. The Morgan fingerprint density at radius 3 is 2.78 bits per heavy atom. The van der Waals surface area contributed by atoms with Crippen LogP contribution >= 0.6 is 0 Å². The molecule has 2 aromatic rings. The van der Waals surface area contributed by atoms with Crippen LogP contribution in [0.4, 0.5) is 0 Å². The first kappa shape index (κ1) is 28.4. The molecule has 0 spiro atoms. The van der Waals surface area contributed by atoms with Crippen molar-refractivity contribution < 1.29 is 27.8 Å². The molecule has 0 saturated heterocycles. The van der Waals surface area contributed by atoms with E-state index in [0.717, 1.165) is 12.8 Å². The van der Waals surface area contributed by atoms with Gasteiger partial charge in [0.1, 0.15) is 17.4 Å². The van der Waals surface area contributed by atoms with Crippen LogP contribution in [0.15, 0.2) is 41.4 Å².